The van der Waals surface area contributed by atoms with Gasteiger partial charge in [-0.05, 0) is 32.4 Å². The molecule has 0 N–H and O–H groups in total. The van der Waals surface area contributed by atoms with E-state index in [2.05, 4.69) is 5.10 Å². The van der Waals surface area contributed by atoms with E-state index >= 15 is 0 Å². The van der Waals surface area contributed by atoms with E-state index in [0.29, 0.717) is 23.9 Å². The van der Waals surface area contributed by atoms with E-state index in [9.17, 15) is 14.4 Å². The second kappa shape index (κ2) is 9.35. The lowest BCUT2D eigenvalue weighted by Crippen LogP contribution is -2.34. The van der Waals surface area contributed by atoms with Crippen molar-refractivity contribution in [3.63, 3.8) is 0 Å². The highest BCUT2D eigenvalue weighted by Gasteiger charge is 2.21. The molecule has 1 aromatic heterocycles. The summed E-state index contributed by atoms with van der Waals surface area (Å²) in [7, 11) is 0. The van der Waals surface area contributed by atoms with Crippen molar-refractivity contribution in [2.75, 3.05) is 13.2 Å². The van der Waals surface area contributed by atoms with E-state index in [0.717, 1.165) is 5.56 Å². The summed E-state index contributed by atoms with van der Waals surface area (Å²) in [6.45, 7) is 6.03. The Balaban J connectivity index is 1.79. The summed E-state index contributed by atoms with van der Waals surface area (Å²) in [5.74, 6) is -1.03. The molecule has 0 aliphatic carbocycles. The number of rotatable bonds is 7. The maximum atomic E-state index is 12.7. The average Bonchev–Trinajstić information content (AvgIpc) is 2.76. The standard InChI is InChI=1S/C23H25N3O4/c1-4-25(14-17-10-6-5-7-11-17)20(27)15-30-23(29)21-18-12-8-9-13-19(18)22(28)26(24-21)16(2)3/h5-13,16H,4,14-15H2,1-3H3. The van der Waals surface area contributed by atoms with Crippen molar-refractivity contribution in [1.82, 2.24) is 14.7 Å². The number of ether oxygens (including phenoxy) is 1. The highest BCUT2D eigenvalue weighted by Crippen LogP contribution is 2.16. The molecule has 0 unspecified atom stereocenters. The monoisotopic (exact) mass is 407 g/mol. The Labute approximate surface area is 174 Å². The number of amides is 1. The van der Waals surface area contributed by atoms with Gasteiger partial charge in [0, 0.05) is 18.5 Å². The van der Waals surface area contributed by atoms with Gasteiger partial charge in [-0.3, -0.25) is 9.59 Å². The fraction of sp³-hybridized carbons (Fsp3) is 0.304. The molecule has 0 fully saturated rings. The zero-order valence-corrected chi connectivity index (χ0v) is 17.4. The molecule has 30 heavy (non-hydrogen) atoms. The van der Waals surface area contributed by atoms with Crippen LogP contribution in [-0.4, -0.2) is 39.7 Å². The normalized spacial score (nSPS) is 10.9. The topological polar surface area (TPSA) is 81.5 Å². The lowest BCUT2D eigenvalue weighted by atomic mass is 10.1. The minimum absolute atomic E-state index is 0.0257. The first-order valence-electron chi connectivity index (χ1n) is 9.92. The van der Waals surface area contributed by atoms with Crippen molar-refractivity contribution in [1.29, 1.82) is 0 Å². The van der Waals surface area contributed by atoms with Gasteiger partial charge in [-0.1, -0.05) is 48.5 Å². The molecule has 1 heterocycles. The molecule has 0 bridgehead atoms. The first-order valence-corrected chi connectivity index (χ1v) is 9.92. The van der Waals surface area contributed by atoms with Crippen molar-refractivity contribution in [2.24, 2.45) is 0 Å². The summed E-state index contributed by atoms with van der Waals surface area (Å²) in [5, 5.41) is 5.01. The Morgan fingerprint density at radius 3 is 2.30 bits per heavy atom. The fourth-order valence-electron chi connectivity index (χ4n) is 3.17. The molecule has 3 aromatic rings. The Hall–Kier alpha value is -3.48. The quantitative estimate of drug-likeness (QED) is 0.562. The van der Waals surface area contributed by atoms with Crippen molar-refractivity contribution < 1.29 is 14.3 Å². The van der Waals surface area contributed by atoms with Gasteiger partial charge in [-0.25, -0.2) is 9.48 Å². The molecule has 3 rings (SSSR count). The largest absolute Gasteiger partial charge is 0.451 e. The van der Waals surface area contributed by atoms with Gasteiger partial charge in [-0.2, -0.15) is 5.10 Å². The van der Waals surface area contributed by atoms with Crippen LogP contribution in [0.2, 0.25) is 0 Å². The molecule has 0 atom stereocenters. The van der Waals surface area contributed by atoms with Crippen molar-refractivity contribution in [3.8, 4) is 0 Å². The number of esters is 1. The molecular weight excluding hydrogens is 382 g/mol. The molecule has 0 aliphatic heterocycles. The van der Waals surface area contributed by atoms with Crippen LogP contribution in [0.4, 0.5) is 0 Å². The minimum atomic E-state index is -0.732. The molecule has 7 nitrogen and oxygen atoms in total. The van der Waals surface area contributed by atoms with Crippen LogP contribution in [0.5, 0.6) is 0 Å². The Kier molecular flexibility index (Phi) is 6.61. The molecule has 2 aromatic carbocycles. The van der Waals surface area contributed by atoms with E-state index in [1.807, 2.05) is 51.1 Å². The van der Waals surface area contributed by atoms with Crippen molar-refractivity contribution >= 4 is 22.6 Å². The number of likely N-dealkylation sites (N-methyl/N-ethyl adjacent to an activating group) is 1. The number of hydrogen-bond donors (Lipinski definition) is 0. The summed E-state index contributed by atoms with van der Waals surface area (Å²) < 4.78 is 6.54. The number of aromatic nitrogens is 2. The fourth-order valence-corrected chi connectivity index (χ4v) is 3.17. The third kappa shape index (κ3) is 4.56. The van der Waals surface area contributed by atoms with Crippen LogP contribution >= 0.6 is 0 Å². The van der Waals surface area contributed by atoms with Gasteiger partial charge in [0.1, 0.15) is 0 Å². The molecule has 0 saturated heterocycles. The smallest absolute Gasteiger partial charge is 0.359 e. The zero-order valence-electron chi connectivity index (χ0n) is 17.4. The predicted molar refractivity (Wildman–Crippen MR) is 114 cm³/mol. The first-order chi connectivity index (χ1) is 14.4. The third-order valence-corrected chi connectivity index (χ3v) is 4.79. The van der Waals surface area contributed by atoms with Crippen LogP contribution in [0.3, 0.4) is 0 Å². The SMILES string of the molecule is CCN(Cc1ccccc1)C(=O)COC(=O)c1nn(C(C)C)c(=O)c2ccccc12. The van der Waals surface area contributed by atoms with Gasteiger partial charge in [0.05, 0.1) is 11.4 Å². The maximum Gasteiger partial charge on any atom is 0.359 e. The van der Waals surface area contributed by atoms with E-state index < -0.39 is 12.6 Å². The van der Waals surface area contributed by atoms with Crippen LogP contribution < -0.4 is 5.56 Å². The Bertz CT molecular complexity index is 1110. The number of hydrogen-bond acceptors (Lipinski definition) is 5. The van der Waals surface area contributed by atoms with E-state index in [1.165, 1.54) is 4.68 Å². The molecule has 1 amide bonds. The number of benzene rings is 2. The van der Waals surface area contributed by atoms with Crippen LogP contribution in [0.15, 0.2) is 59.4 Å². The summed E-state index contributed by atoms with van der Waals surface area (Å²) >= 11 is 0. The number of carbonyl (C=O) groups excluding carboxylic acids is 2. The van der Waals surface area contributed by atoms with Crippen LogP contribution in [0.25, 0.3) is 10.8 Å². The molecule has 0 radical (unpaired) electrons. The summed E-state index contributed by atoms with van der Waals surface area (Å²) in [5.41, 5.74) is 0.752. The van der Waals surface area contributed by atoms with E-state index in [1.54, 1.807) is 29.2 Å². The van der Waals surface area contributed by atoms with E-state index in [4.69, 9.17) is 4.74 Å². The lowest BCUT2D eigenvalue weighted by molar-refractivity contribution is -0.134. The lowest BCUT2D eigenvalue weighted by Gasteiger charge is -2.21. The van der Waals surface area contributed by atoms with Gasteiger partial charge in [0.25, 0.3) is 11.5 Å². The number of fused-ring (bicyclic) bond motifs is 1. The Morgan fingerprint density at radius 1 is 1.03 bits per heavy atom. The molecule has 7 heteroatoms. The molecule has 156 valence electrons. The maximum absolute atomic E-state index is 12.7. The van der Waals surface area contributed by atoms with Gasteiger partial charge in [-0.15, -0.1) is 0 Å². The highest BCUT2D eigenvalue weighted by molar-refractivity contribution is 6.02. The molecule has 0 saturated carbocycles. The Morgan fingerprint density at radius 2 is 1.67 bits per heavy atom. The number of nitrogens with zero attached hydrogens (tertiary/aromatic N) is 3. The second-order valence-electron chi connectivity index (χ2n) is 7.21. The highest BCUT2D eigenvalue weighted by atomic mass is 16.5. The zero-order chi connectivity index (χ0) is 21.7. The minimum Gasteiger partial charge on any atom is -0.451 e. The van der Waals surface area contributed by atoms with Gasteiger partial charge in [0.2, 0.25) is 0 Å². The van der Waals surface area contributed by atoms with Gasteiger partial charge in [0.15, 0.2) is 12.3 Å². The molecule has 0 aliphatic rings. The van der Waals surface area contributed by atoms with Crippen LogP contribution in [0.1, 0.15) is 42.9 Å². The summed E-state index contributed by atoms with van der Waals surface area (Å²) in [4.78, 5) is 39.5. The summed E-state index contributed by atoms with van der Waals surface area (Å²) in [6.07, 6.45) is 0. The van der Waals surface area contributed by atoms with E-state index in [-0.39, 0.29) is 23.2 Å². The van der Waals surface area contributed by atoms with Crippen LogP contribution in [-0.2, 0) is 16.1 Å². The third-order valence-electron chi connectivity index (χ3n) is 4.79. The van der Waals surface area contributed by atoms with Gasteiger partial charge < -0.3 is 9.64 Å². The van der Waals surface area contributed by atoms with Gasteiger partial charge >= 0.3 is 5.97 Å². The molecular formula is C23H25N3O4. The summed E-state index contributed by atoms with van der Waals surface area (Å²) in [6, 6.07) is 16.1. The second-order valence-corrected chi connectivity index (χ2v) is 7.21. The number of carbonyl (C=O) groups is 2. The first kappa shape index (κ1) is 21.2. The van der Waals surface area contributed by atoms with Crippen molar-refractivity contribution in [2.45, 2.75) is 33.4 Å². The van der Waals surface area contributed by atoms with Crippen molar-refractivity contribution in [3.05, 3.63) is 76.2 Å². The average molecular weight is 407 g/mol. The van der Waals surface area contributed by atoms with Crippen LogP contribution in [0, 0.1) is 0 Å². The molecule has 0 spiro atoms. The predicted octanol–water partition coefficient (Wildman–Crippen LogP) is 3.18.